The smallest absolute Gasteiger partial charge is 0.412 e. The molecule has 0 atom stereocenters. The van der Waals surface area contributed by atoms with Gasteiger partial charge in [0, 0.05) is 11.6 Å². The van der Waals surface area contributed by atoms with E-state index in [9.17, 15) is 9.90 Å². The van der Waals surface area contributed by atoms with Crippen LogP contribution in [0, 0.1) is 0 Å². The summed E-state index contributed by atoms with van der Waals surface area (Å²) in [4.78, 5) is 11.7. The topological polar surface area (TPSA) is 113 Å². The van der Waals surface area contributed by atoms with Gasteiger partial charge in [0.1, 0.15) is 17.2 Å². The van der Waals surface area contributed by atoms with Crippen LogP contribution in [0.3, 0.4) is 0 Å². The summed E-state index contributed by atoms with van der Waals surface area (Å²) in [6.07, 6.45) is -0.628. The fraction of sp³-hybridized carbons (Fsp3) is 0.286. The fourth-order valence-corrected chi connectivity index (χ4v) is 1.70. The number of aromatic hydroxyl groups is 1. The number of phenolic OH excluding ortho intramolecular Hbond substituents is 1. The highest BCUT2D eigenvalue weighted by Crippen LogP contribution is 2.29. The van der Waals surface area contributed by atoms with Gasteiger partial charge >= 0.3 is 6.09 Å². The van der Waals surface area contributed by atoms with E-state index in [4.69, 9.17) is 10.5 Å². The van der Waals surface area contributed by atoms with Gasteiger partial charge in [-0.15, -0.1) is 0 Å². The van der Waals surface area contributed by atoms with Crippen LogP contribution in [0.5, 0.6) is 5.75 Å². The molecule has 1 heterocycles. The quantitative estimate of drug-likeness (QED) is 0.635. The highest BCUT2D eigenvalue weighted by molar-refractivity contribution is 5.87. The third-order valence-corrected chi connectivity index (χ3v) is 2.54. The van der Waals surface area contributed by atoms with Crippen LogP contribution in [0.4, 0.5) is 16.3 Å². The van der Waals surface area contributed by atoms with E-state index in [-0.39, 0.29) is 11.4 Å². The number of phenols is 1. The maximum Gasteiger partial charge on any atom is 0.412 e. The number of benzene rings is 1. The summed E-state index contributed by atoms with van der Waals surface area (Å²) < 4.78 is 5.12. The molecule has 21 heavy (non-hydrogen) atoms. The normalized spacial score (nSPS) is 11.2. The molecule has 1 amide bonds. The standard InChI is InChI=1S/C14H18N4O3/c1-14(2,3)21-13(20)16-9-5-4-8(6-11(9)19)10-7-12(15)18-17-10/h4-7,19H,1-3H3,(H,16,20)(H3,15,17,18). The highest BCUT2D eigenvalue weighted by atomic mass is 16.6. The van der Waals surface area contributed by atoms with Crippen LogP contribution in [-0.4, -0.2) is 27.0 Å². The van der Waals surface area contributed by atoms with Crippen LogP contribution in [0.15, 0.2) is 24.3 Å². The van der Waals surface area contributed by atoms with E-state index in [1.54, 1.807) is 39.0 Å². The zero-order valence-corrected chi connectivity index (χ0v) is 12.1. The Morgan fingerprint density at radius 3 is 2.62 bits per heavy atom. The van der Waals surface area contributed by atoms with Gasteiger partial charge in [0.25, 0.3) is 0 Å². The number of carbonyl (C=O) groups excluding carboxylic acids is 1. The predicted octanol–water partition coefficient (Wildman–Crippen LogP) is 2.71. The Balaban J connectivity index is 2.15. The fourth-order valence-electron chi connectivity index (χ4n) is 1.70. The third kappa shape index (κ3) is 3.88. The number of aromatic nitrogens is 2. The average molecular weight is 290 g/mol. The van der Waals surface area contributed by atoms with E-state index in [0.717, 1.165) is 0 Å². The first-order valence-corrected chi connectivity index (χ1v) is 6.39. The summed E-state index contributed by atoms with van der Waals surface area (Å²) in [5.74, 6) is 0.284. The highest BCUT2D eigenvalue weighted by Gasteiger charge is 2.17. The van der Waals surface area contributed by atoms with Crippen LogP contribution in [0.1, 0.15) is 20.8 Å². The zero-order chi connectivity index (χ0) is 15.6. The maximum atomic E-state index is 11.7. The van der Waals surface area contributed by atoms with Gasteiger partial charge in [0.2, 0.25) is 0 Å². The van der Waals surface area contributed by atoms with Crippen molar-refractivity contribution in [3.63, 3.8) is 0 Å². The summed E-state index contributed by atoms with van der Waals surface area (Å²) in [5.41, 5.74) is 6.56. The summed E-state index contributed by atoms with van der Waals surface area (Å²) >= 11 is 0. The number of H-pyrrole nitrogens is 1. The molecule has 112 valence electrons. The molecule has 0 aliphatic heterocycles. The molecule has 2 aromatic rings. The van der Waals surface area contributed by atoms with Gasteiger partial charge in [-0.1, -0.05) is 6.07 Å². The lowest BCUT2D eigenvalue weighted by Gasteiger charge is -2.20. The van der Waals surface area contributed by atoms with Gasteiger partial charge in [0.05, 0.1) is 11.4 Å². The molecule has 1 aromatic heterocycles. The molecule has 0 aliphatic carbocycles. The molecule has 0 fully saturated rings. The lowest BCUT2D eigenvalue weighted by atomic mass is 10.1. The molecular formula is C14H18N4O3. The van der Waals surface area contributed by atoms with Gasteiger partial charge < -0.3 is 15.6 Å². The Labute approximate surface area is 122 Å². The summed E-state index contributed by atoms with van der Waals surface area (Å²) in [6, 6.07) is 6.44. The Hall–Kier alpha value is -2.70. The molecule has 2 rings (SSSR count). The van der Waals surface area contributed by atoms with E-state index in [1.807, 2.05) is 0 Å². The number of hydrogen-bond acceptors (Lipinski definition) is 5. The Bertz CT molecular complexity index is 658. The summed E-state index contributed by atoms with van der Waals surface area (Å²) in [5, 5.41) is 19.0. The summed E-state index contributed by atoms with van der Waals surface area (Å²) in [7, 11) is 0. The maximum absolute atomic E-state index is 11.7. The predicted molar refractivity (Wildman–Crippen MR) is 80.0 cm³/mol. The number of aromatic amines is 1. The largest absolute Gasteiger partial charge is 0.506 e. The van der Waals surface area contributed by atoms with Gasteiger partial charge in [0.15, 0.2) is 0 Å². The molecule has 1 aromatic carbocycles. The van der Waals surface area contributed by atoms with Crippen molar-refractivity contribution < 1.29 is 14.6 Å². The van der Waals surface area contributed by atoms with Crippen LogP contribution in [0.2, 0.25) is 0 Å². The van der Waals surface area contributed by atoms with E-state index in [1.165, 1.54) is 6.07 Å². The first-order valence-electron chi connectivity index (χ1n) is 6.39. The Morgan fingerprint density at radius 1 is 1.38 bits per heavy atom. The van der Waals surface area contributed by atoms with E-state index in [0.29, 0.717) is 17.1 Å². The molecule has 0 saturated heterocycles. The number of carbonyl (C=O) groups is 1. The molecule has 0 spiro atoms. The van der Waals surface area contributed by atoms with Crippen molar-refractivity contribution in [2.75, 3.05) is 11.1 Å². The molecular weight excluding hydrogens is 272 g/mol. The van der Waals surface area contributed by atoms with Crippen molar-refractivity contribution in [3.8, 4) is 17.0 Å². The SMILES string of the molecule is CC(C)(C)OC(=O)Nc1ccc(-c2cc(N)n[nH]2)cc1O. The van der Waals surface area contributed by atoms with Crippen LogP contribution in [-0.2, 0) is 4.74 Å². The number of hydrogen-bond donors (Lipinski definition) is 4. The lowest BCUT2D eigenvalue weighted by Crippen LogP contribution is -2.27. The van der Waals surface area contributed by atoms with Crippen molar-refractivity contribution in [2.45, 2.75) is 26.4 Å². The number of nitrogens with one attached hydrogen (secondary N) is 2. The molecule has 0 bridgehead atoms. The minimum atomic E-state index is -0.628. The lowest BCUT2D eigenvalue weighted by molar-refractivity contribution is 0.0635. The second-order valence-corrected chi connectivity index (χ2v) is 5.57. The molecule has 0 unspecified atom stereocenters. The number of ether oxygens (including phenoxy) is 1. The minimum Gasteiger partial charge on any atom is -0.506 e. The van der Waals surface area contributed by atoms with Gasteiger partial charge in [-0.05, 0) is 32.9 Å². The first-order chi connectivity index (χ1) is 9.74. The number of nitrogens with two attached hydrogens (primary N) is 1. The van der Waals surface area contributed by atoms with Crippen LogP contribution in [0.25, 0.3) is 11.3 Å². The number of rotatable bonds is 2. The Kier molecular flexibility index (Phi) is 3.75. The van der Waals surface area contributed by atoms with Crippen molar-refractivity contribution in [1.82, 2.24) is 10.2 Å². The molecule has 5 N–H and O–H groups in total. The molecule has 0 aliphatic rings. The second-order valence-electron chi connectivity index (χ2n) is 5.57. The van der Waals surface area contributed by atoms with E-state index in [2.05, 4.69) is 15.5 Å². The number of amides is 1. The number of nitrogen functional groups attached to an aromatic ring is 1. The van der Waals surface area contributed by atoms with Crippen molar-refractivity contribution in [1.29, 1.82) is 0 Å². The third-order valence-electron chi connectivity index (χ3n) is 2.54. The first kappa shape index (κ1) is 14.7. The average Bonchev–Trinajstić information content (AvgIpc) is 2.76. The van der Waals surface area contributed by atoms with Crippen molar-refractivity contribution >= 4 is 17.6 Å². The molecule has 7 nitrogen and oxygen atoms in total. The summed E-state index contributed by atoms with van der Waals surface area (Å²) in [6.45, 7) is 5.29. The van der Waals surface area contributed by atoms with E-state index < -0.39 is 11.7 Å². The number of nitrogens with zero attached hydrogens (tertiary/aromatic N) is 1. The zero-order valence-electron chi connectivity index (χ0n) is 12.1. The second kappa shape index (κ2) is 5.35. The minimum absolute atomic E-state index is 0.0773. The number of anilines is 2. The molecule has 0 radical (unpaired) electrons. The monoisotopic (exact) mass is 290 g/mol. The van der Waals surface area contributed by atoms with Crippen LogP contribution < -0.4 is 11.1 Å². The van der Waals surface area contributed by atoms with Crippen molar-refractivity contribution in [3.05, 3.63) is 24.3 Å². The molecule has 0 saturated carbocycles. The molecule has 7 heteroatoms. The van der Waals surface area contributed by atoms with Crippen molar-refractivity contribution in [2.24, 2.45) is 0 Å². The van der Waals surface area contributed by atoms with Gasteiger partial charge in [-0.2, -0.15) is 5.10 Å². The van der Waals surface area contributed by atoms with Gasteiger partial charge in [-0.3, -0.25) is 10.4 Å². The van der Waals surface area contributed by atoms with Gasteiger partial charge in [-0.25, -0.2) is 4.79 Å². The van der Waals surface area contributed by atoms with Crippen LogP contribution >= 0.6 is 0 Å². The van der Waals surface area contributed by atoms with E-state index >= 15 is 0 Å². The Morgan fingerprint density at radius 2 is 2.10 bits per heavy atom.